The number of nitrogens with two attached hydrogens (primary N) is 1. The number of carbonyl (C=O) groups excluding carboxylic acids is 1. The van der Waals surface area contributed by atoms with E-state index in [0.717, 1.165) is 45.8 Å². The minimum Gasteiger partial charge on any atom is -0.464 e. The number of aromatic nitrogens is 3. The van der Waals surface area contributed by atoms with Gasteiger partial charge in [0.15, 0.2) is 0 Å². The molecule has 6 nitrogen and oxygen atoms in total. The Morgan fingerprint density at radius 2 is 1.87 bits per heavy atom. The predicted molar refractivity (Wildman–Crippen MR) is 120 cm³/mol. The Kier molecular flexibility index (Phi) is 5.40. The van der Waals surface area contributed by atoms with Gasteiger partial charge < -0.3 is 15.0 Å². The summed E-state index contributed by atoms with van der Waals surface area (Å²) in [6.07, 6.45) is 3.27. The summed E-state index contributed by atoms with van der Waals surface area (Å²) < 4.78 is 7.29. The standard InChI is InChI=1S/C24H26N4O2/c1-4-5-10-30-20(29)13-28-22-16(3)11-18(17-8-6-15(2)7-9-17)12-19(22)21-23(25)26-14-27-24(21)28/h6-9,11-12,14H,4-5,10,13H2,1-3H3,(H2,25,26,27). The van der Waals surface area contributed by atoms with Crippen molar-refractivity contribution in [2.24, 2.45) is 0 Å². The largest absolute Gasteiger partial charge is 0.464 e. The molecule has 0 radical (unpaired) electrons. The maximum Gasteiger partial charge on any atom is 0.326 e. The van der Waals surface area contributed by atoms with Crippen LogP contribution in [0, 0.1) is 13.8 Å². The van der Waals surface area contributed by atoms with Crippen LogP contribution in [0.2, 0.25) is 0 Å². The SMILES string of the molecule is CCCCOC(=O)Cn1c2ncnc(N)c2c2cc(-c3ccc(C)cc3)cc(C)c21. The minimum atomic E-state index is -0.276. The van der Waals surface area contributed by atoms with Gasteiger partial charge in [0.05, 0.1) is 17.5 Å². The number of ether oxygens (including phenoxy) is 1. The van der Waals surface area contributed by atoms with E-state index >= 15 is 0 Å². The van der Waals surface area contributed by atoms with Crippen molar-refractivity contribution in [3.05, 3.63) is 53.9 Å². The van der Waals surface area contributed by atoms with Crippen LogP contribution in [0.15, 0.2) is 42.7 Å². The average molecular weight is 402 g/mol. The van der Waals surface area contributed by atoms with Gasteiger partial charge in [0, 0.05) is 5.39 Å². The van der Waals surface area contributed by atoms with Gasteiger partial charge in [-0.3, -0.25) is 4.79 Å². The summed E-state index contributed by atoms with van der Waals surface area (Å²) in [7, 11) is 0. The summed E-state index contributed by atoms with van der Waals surface area (Å²) in [6.45, 7) is 6.70. The monoisotopic (exact) mass is 402 g/mol. The molecular weight excluding hydrogens is 376 g/mol. The lowest BCUT2D eigenvalue weighted by Gasteiger charge is -2.10. The van der Waals surface area contributed by atoms with Crippen LogP contribution in [0.3, 0.4) is 0 Å². The van der Waals surface area contributed by atoms with Crippen LogP contribution >= 0.6 is 0 Å². The first-order chi connectivity index (χ1) is 14.5. The van der Waals surface area contributed by atoms with Crippen LogP contribution < -0.4 is 5.73 Å². The van der Waals surface area contributed by atoms with E-state index in [1.54, 1.807) is 0 Å². The fraction of sp³-hybridized carbons (Fsp3) is 0.292. The van der Waals surface area contributed by atoms with Crippen molar-refractivity contribution < 1.29 is 9.53 Å². The topological polar surface area (TPSA) is 83.0 Å². The second kappa shape index (κ2) is 8.14. The molecule has 0 aliphatic heterocycles. The normalized spacial score (nSPS) is 11.3. The number of unbranched alkanes of at least 4 members (excludes halogenated alkanes) is 1. The molecule has 2 aromatic heterocycles. The molecule has 6 heteroatoms. The summed E-state index contributed by atoms with van der Waals surface area (Å²) in [5, 5.41) is 1.71. The molecule has 2 N–H and O–H groups in total. The van der Waals surface area contributed by atoms with E-state index in [-0.39, 0.29) is 12.5 Å². The Bertz CT molecular complexity index is 1230. The number of nitrogen functional groups attached to an aromatic ring is 1. The molecule has 0 aliphatic rings. The summed E-state index contributed by atoms with van der Waals surface area (Å²) in [6, 6.07) is 12.7. The zero-order valence-corrected chi connectivity index (χ0v) is 17.6. The molecule has 0 atom stereocenters. The second-order valence-corrected chi connectivity index (χ2v) is 7.67. The molecule has 0 spiro atoms. The number of nitrogens with zero attached hydrogens (tertiary/aromatic N) is 3. The van der Waals surface area contributed by atoms with Crippen molar-refractivity contribution in [2.75, 3.05) is 12.3 Å². The smallest absolute Gasteiger partial charge is 0.326 e. The Morgan fingerprint density at radius 1 is 1.10 bits per heavy atom. The number of fused-ring (bicyclic) bond motifs is 3. The number of aryl methyl sites for hydroxylation is 2. The molecule has 0 fully saturated rings. The van der Waals surface area contributed by atoms with Gasteiger partial charge in [0.25, 0.3) is 0 Å². The van der Waals surface area contributed by atoms with Gasteiger partial charge >= 0.3 is 5.97 Å². The fourth-order valence-corrected chi connectivity index (χ4v) is 3.86. The average Bonchev–Trinajstić information content (AvgIpc) is 3.04. The van der Waals surface area contributed by atoms with Gasteiger partial charge in [-0.25, -0.2) is 9.97 Å². The lowest BCUT2D eigenvalue weighted by atomic mass is 9.99. The van der Waals surface area contributed by atoms with Gasteiger partial charge in [-0.05, 0) is 49.1 Å². The first-order valence-corrected chi connectivity index (χ1v) is 10.2. The third kappa shape index (κ3) is 3.61. The van der Waals surface area contributed by atoms with E-state index in [2.05, 4.69) is 60.2 Å². The molecule has 2 aromatic carbocycles. The number of benzene rings is 2. The zero-order valence-electron chi connectivity index (χ0n) is 17.6. The van der Waals surface area contributed by atoms with E-state index in [1.165, 1.54) is 11.9 Å². The second-order valence-electron chi connectivity index (χ2n) is 7.67. The van der Waals surface area contributed by atoms with Gasteiger partial charge in [-0.2, -0.15) is 0 Å². The lowest BCUT2D eigenvalue weighted by molar-refractivity contribution is -0.144. The van der Waals surface area contributed by atoms with Gasteiger partial charge in [-0.15, -0.1) is 0 Å². The van der Waals surface area contributed by atoms with E-state index in [4.69, 9.17) is 10.5 Å². The zero-order chi connectivity index (χ0) is 21.3. The molecule has 0 aliphatic carbocycles. The van der Waals surface area contributed by atoms with Gasteiger partial charge in [-0.1, -0.05) is 43.2 Å². The van der Waals surface area contributed by atoms with Crippen LogP contribution in [0.4, 0.5) is 5.82 Å². The number of anilines is 1. The van der Waals surface area contributed by atoms with E-state index < -0.39 is 0 Å². The van der Waals surface area contributed by atoms with Crippen molar-refractivity contribution in [3.8, 4) is 11.1 Å². The lowest BCUT2D eigenvalue weighted by Crippen LogP contribution is -2.15. The van der Waals surface area contributed by atoms with Crippen LogP contribution in [-0.4, -0.2) is 27.1 Å². The Hall–Kier alpha value is -3.41. The van der Waals surface area contributed by atoms with Crippen molar-refractivity contribution in [1.29, 1.82) is 0 Å². The molecule has 0 saturated heterocycles. The van der Waals surface area contributed by atoms with Crippen molar-refractivity contribution >= 4 is 33.7 Å². The molecule has 2 heterocycles. The van der Waals surface area contributed by atoms with Crippen molar-refractivity contribution in [1.82, 2.24) is 14.5 Å². The molecular formula is C24H26N4O2. The predicted octanol–water partition coefficient (Wildman–Crippen LogP) is 4.79. The third-order valence-corrected chi connectivity index (χ3v) is 5.39. The van der Waals surface area contributed by atoms with Crippen LogP contribution in [-0.2, 0) is 16.1 Å². The number of hydrogen-bond donors (Lipinski definition) is 1. The van der Waals surface area contributed by atoms with Crippen molar-refractivity contribution in [2.45, 2.75) is 40.2 Å². The number of esters is 1. The highest BCUT2D eigenvalue weighted by atomic mass is 16.5. The molecule has 0 amide bonds. The summed E-state index contributed by atoms with van der Waals surface area (Å²) >= 11 is 0. The molecule has 0 bridgehead atoms. The van der Waals surface area contributed by atoms with Crippen LogP contribution in [0.1, 0.15) is 30.9 Å². The van der Waals surface area contributed by atoms with Crippen LogP contribution in [0.25, 0.3) is 33.1 Å². The summed E-state index contributed by atoms with van der Waals surface area (Å²) in [5.41, 5.74) is 12.3. The molecule has 4 rings (SSSR count). The van der Waals surface area contributed by atoms with E-state index in [0.29, 0.717) is 18.1 Å². The quantitative estimate of drug-likeness (QED) is 0.370. The maximum atomic E-state index is 12.5. The molecule has 0 saturated carbocycles. The minimum absolute atomic E-state index is 0.0882. The highest BCUT2D eigenvalue weighted by molar-refractivity contribution is 6.13. The Labute approximate surface area is 175 Å². The van der Waals surface area contributed by atoms with E-state index in [9.17, 15) is 4.79 Å². The van der Waals surface area contributed by atoms with E-state index in [1.807, 2.05) is 11.5 Å². The molecule has 4 aromatic rings. The molecule has 30 heavy (non-hydrogen) atoms. The Balaban J connectivity index is 1.88. The highest BCUT2D eigenvalue weighted by Crippen LogP contribution is 2.36. The van der Waals surface area contributed by atoms with Crippen LogP contribution in [0.5, 0.6) is 0 Å². The van der Waals surface area contributed by atoms with Crippen molar-refractivity contribution in [3.63, 3.8) is 0 Å². The third-order valence-electron chi connectivity index (χ3n) is 5.39. The fourth-order valence-electron chi connectivity index (χ4n) is 3.86. The number of hydrogen-bond acceptors (Lipinski definition) is 5. The molecule has 0 unspecified atom stereocenters. The maximum absolute atomic E-state index is 12.5. The number of carbonyl (C=O) groups is 1. The first-order valence-electron chi connectivity index (χ1n) is 10.2. The highest BCUT2D eigenvalue weighted by Gasteiger charge is 2.20. The first kappa shape index (κ1) is 19.9. The summed E-state index contributed by atoms with van der Waals surface area (Å²) in [4.78, 5) is 21.1. The summed E-state index contributed by atoms with van der Waals surface area (Å²) in [5.74, 6) is 0.130. The van der Waals surface area contributed by atoms with Gasteiger partial charge in [0.1, 0.15) is 24.3 Å². The number of rotatable bonds is 6. The Morgan fingerprint density at radius 3 is 2.60 bits per heavy atom. The van der Waals surface area contributed by atoms with Gasteiger partial charge in [0.2, 0.25) is 0 Å². The molecule has 154 valence electrons.